The van der Waals surface area contributed by atoms with Crippen LogP contribution in [0, 0.1) is 0 Å². The van der Waals surface area contributed by atoms with Crippen molar-refractivity contribution in [1.82, 2.24) is 0 Å². The largest absolute Gasteiger partial charge is 0.300 e. The van der Waals surface area contributed by atoms with E-state index < -0.39 is 4.21 Å². The highest BCUT2D eigenvalue weighted by Crippen LogP contribution is 2.52. The first-order valence-corrected chi connectivity index (χ1v) is 5.02. The Bertz CT molecular complexity index is 170. The van der Waals surface area contributed by atoms with Crippen molar-refractivity contribution in [3.63, 3.8) is 0 Å². The van der Waals surface area contributed by atoms with E-state index >= 15 is 0 Å². The first kappa shape index (κ1) is 7.79. The minimum Gasteiger partial charge on any atom is -0.300 e. The first-order valence-electron chi connectivity index (χ1n) is 2.05. The molecule has 1 aliphatic heterocycles. The first-order chi connectivity index (χ1) is 4.19. The van der Waals surface area contributed by atoms with Gasteiger partial charge in [-0.2, -0.15) is 0 Å². The lowest BCUT2D eigenvalue weighted by Gasteiger charge is -2.08. The number of rotatable bonds is 1. The van der Waals surface area contributed by atoms with E-state index in [-0.39, 0.29) is 0 Å². The Morgan fingerprint density at radius 2 is 2.44 bits per heavy atom. The SMILES string of the molecule is O=CC1(Cl)SSC=C1Cl. The smallest absolute Gasteiger partial charge is 0.191 e. The fourth-order valence-electron chi connectivity index (χ4n) is 0.332. The van der Waals surface area contributed by atoms with E-state index in [2.05, 4.69) is 0 Å². The van der Waals surface area contributed by atoms with Crippen LogP contribution in [0.25, 0.3) is 0 Å². The predicted octanol–water partition coefficient (Wildman–Crippen LogP) is 2.60. The Hall–Kier alpha value is 0.690. The van der Waals surface area contributed by atoms with Crippen molar-refractivity contribution in [3.05, 3.63) is 10.4 Å². The molecule has 0 amide bonds. The molecule has 9 heavy (non-hydrogen) atoms. The van der Waals surface area contributed by atoms with E-state index in [4.69, 9.17) is 23.2 Å². The van der Waals surface area contributed by atoms with Gasteiger partial charge in [0.2, 0.25) is 0 Å². The third-order valence-corrected chi connectivity index (χ3v) is 4.70. The predicted molar refractivity (Wildman–Crippen MR) is 43.8 cm³/mol. The van der Waals surface area contributed by atoms with Gasteiger partial charge in [-0.15, -0.1) is 0 Å². The van der Waals surface area contributed by atoms with Crippen molar-refractivity contribution in [2.75, 3.05) is 0 Å². The van der Waals surface area contributed by atoms with Gasteiger partial charge in [0.1, 0.15) is 0 Å². The molecule has 0 aromatic heterocycles. The van der Waals surface area contributed by atoms with E-state index in [1.54, 1.807) is 5.41 Å². The summed E-state index contributed by atoms with van der Waals surface area (Å²) in [4.78, 5) is 10.2. The molecule has 1 atom stereocenters. The zero-order valence-corrected chi connectivity index (χ0v) is 7.28. The minimum absolute atomic E-state index is 0.397. The number of alkyl halides is 1. The summed E-state index contributed by atoms with van der Waals surface area (Å²) in [7, 11) is 2.62. The second-order valence-electron chi connectivity index (χ2n) is 1.41. The highest BCUT2D eigenvalue weighted by atomic mass is 35.5. The van der Waals surface area contributed by atoms with Crippen LogP contribution in [-0.2, 0) is 4.79 Å². The van der Waals surface area contributed by atoms with Crippen molar-refractivity contribution < 1.29 is 4.79 Å². The minimum atomic E-state index is -1.01. The lowest BCUT2D eigenvalue weighted by atomic mass is 10.4. The van der Waals surface area contributed by atoms with E-state index in [0.29, 0.717) is 11.3 Å². The summed E-state index contributed by atoms with van der Waals surface area (Å²) >= 11 is 11.3. The molecule has 1 rings (SSSR count). The molecule has 1 aliphatic rings. The molecule has 1 nitrogen and oxygen atoms in total. The maximum Gasteiger partial charge on any atom is 0.191 e. The van der Waals surface area contributed by atoms with Crippen LogP contribution in [0.4, 0.5) is 0 Å². The van der Waals surface area contributed by atoms with Gasteiger partial charge >= 0.3 is 0 Å². The quantitative estimate of drug-likeness (QED) is 0.368. The summed E-state index contributed by atoms with van der Waals surface area (Å²) in [5, 5.41) is 2.06. The second kappa shape index (κ2) is 2.74. The molecule has 0 aromatic rings. The number of carbonyl (C=O) groups excluding carboxylic acids is 1. The molecule has 0 spiro atoms. The van der Waals surface area contributed by atoms with Crippen LogP contribution >= 0.6 is 44.8 Å². The number of hydrogen-bond donors (Lipinski definition) is 0. The Morgan fingerprint density at radius 3 is 2.67 bits per heavy atom. The van der Waals surface area contributed by atoms with Gasteiger partial charge < -0.3 is 0 Å². The maximum absolute atomic E-state index is 10.2. The summed E-state index contributed by atoms with van der Waals surface area (Å²) in [6.45, 7) is 0. The molecule has 0 N–H and O–H groups in total. The van der Waals surface area contributed by atoms with Crippen LogP contribution in [-0.4, -0.2) is 10.5 Å². The zero-order valence-electron chi connectivity index (χ0n) is 4.14. The normalized spacial score (nSPS) is 34.2. The Morgan fingerprint density at radius 1 is 1.78 bits per heavy atom. The molecule has 0 aromatic carbocycles. The van der Waals surface area contributed by atoms with Crippen molar-refractivity contribution in [2.24, 2.45) is 0 Å². The molecule has 0 radical (unpaired) electrons. The van der Waals surface area contributed by atoms with E-state index in [1.165, 1.54) is 21.6 Å². The highest BCUT2D eigenvalue weighted by Gasteiger charge is 2.35. The fraction of sp³-hybridized carbons (Fsp3) is 0.250. The van der Waals surface area contributed by atoms with Gasteiger partial charge in [0.25, 0.3) is 0 Å². The van der Waals surface area contributed by atoms with E-state index in [1.807, 2.05) is 0 Å². The van der Waals surface area contributed by atoms with Crippen LogP contribution < -0.4 is 0 Å². The molecule has 50 valence electrons. The summed E-state index contributed by atoms with van der Waals surface area (Å²) in [6, 6.07) is 0. The summed E-state index contributed by atoms with van der Waals surface area (Å²) in [5.41, 5.74) is 0. The summed E-state index contributed by atoms with van der Waals surface area (Å²) < 4.78 is -1.01. The van der Waals surface area contributed by atoms with Gasteiger partial charge in [-0.3, -0.25) is 4.79 Å². The molecule has 5 heteroatoms. The van der Waals surface area contributed by atoms with Gasteiger partial charge in [0, 0.05) is 0 Å². The summed E-state index contributed by atoms with van der Waals surface area (Å²) in [5.74, 6) is 0. The molecule has 0 bridgehead atoms. The Balaban J connectivity index is 2.82. The third-order valence-electron chi connectivity index (χ3n) is 0.798. The molecular weight excluding hydrogens is 199 g/mol. The molecule has 0 aliphatic carbocycles. The molecule has 0 saturated heterocycles. The highest BCUT2D eigenvalue weighted by molar-refractivity contribution is 8.79. The Kier molecular flexibility index (Phi) is 2.37. The zero-order chi connectivity index (χ0) is 6.91. The van der Waals surface area contributed by atoms with Crippen LogP contribution in [0.3, 0.4) is 0 Å². The number of aldehydes is 1. The molecule has 1 heterocycles. The number of carbonyl (C=O) groups is 1. The molecular formula is C4H2Cl2OS2. The van der Waals surface area contributed by atoms with E-state index in [9.17, 15) is 4.79 Å². The van der Waals surface area contributed by atoms with Gasteiger partial charge in [0.15, 0.2) is 10.5 Å². The second-order valence-corrected chi connectivity index (χ2v) is 4.95. The van der Waals surface area contributed by atoms with Crippen LogP contribution in [0.2, 0.25) is 0 Å². The van der Waals surface area contributed by atoms with Gasteiger partial charge in [-0.25, -0.2) is 0 Å². The summed E-state index contributed by atoms with van der Waals surface area (Å²) in [6.07, 6.45) is 0.637. The molecule has 1 unspecified atom stereocenters. The standard InChI is InChI=1S/C4H2Cl2OS2/c5-3-1-8-9-4(3,6)2-7/h1-2H. The van der Waals surface area contributed by atoms with Crippen molar-refractivity contribution in [3.8, 4) is 0 Å². The molecule has 0 saturated carbocycles. The van der Waals surface area contributed by atoms with Gasteiger partial charge in [-0.05, 0) is 5.41 Å². The lowest BCUT2D eigenvalue weighted by Crippen LogP contribution is -2.14. The van der Waals surface area contributed by atoms with Crippen molar-refractivity contribution in [1.29, 1.82) is 0 Å². The topological polar surface area (TPSA) is 17.1 Å². The van der Waals surface area contributed by atoms with E-state index in [0.717, 1.165) is 0 Å². The third kappa shape index (κ3) is 1.40. The number of hydrogen-bond acceptors (Lipinski definition) is 3. The van der Waals surface area contributed by atoms with Crippen molar-refractivity contribution >= 4 is 51.1 Å². The monoisotopic (exact) mass is 200 g/mol. The average molecular weight is 201 g/mol. The molecule has 0 fully saturated rings. The average Bonchev–Trinajstić information content (AvgIpc) is 2.15. The lowest BCUT2D eigenvalue weighted by molar-refractivity contribution is -0.107. The van der Waals surface area contributed by atoms with Crippen LogP contribution in [0.5, 0.6) is 0 Å². The number of halogens is 2. The van der Waals surface area contributed by atoms with Crippen LogP contribution in [0.1, 0.15) is 0 Å². The van der Waals surface area contributed by atoms with Gasteiger partial charge in [0.05, 0.1) is 5.03 Å². The van der Waals surface area contributed by atoms with Crippen LogP contribution in [0.15, 0.2) is 10.4 Å². The maximum atomic E-state index is 10.2. The fourth-order valence-corrected chi connectivity index (χ4v) is 3.32. The van der Waals surface area contributed by atoms with Crippen molar-refractivity contribution in [2.45, 2.75) is 4.21 Å². The Labute approximate surface area is 70.6 Å². The van der Waals surface area contributed by atoms with Gasteiger partial charge in [-0.1, -0.05) is 44.8 Å².